The summed E-state index contributed by atoms with van der Waals surface area (Å²) in [4.78, 5) is 0. The van der Waals surface area contributed by atoms with Crippen LogP contribution in [0.25, 0.3) is 17.2 Å². The first-order valence-corrected chi connectivity index (χ1v) is 9.80. The second-order valence-corrected chi connectivity index (χ2v) is 8.36. The van der Waals surface area contributed by atoms with Crippen molar-refractivity contribution in [2.24, 2.45) is 0 Å². The highest BCUT2D eigenvalue weighted by molar-refractivity contribution is 6.52. The molecule has 0 radical (unpaired) electrons. The summed E-state index contributed by atoms with van der Waals surface area (Å²) in [6, 6.07) is 12.4. The third-order valence-corrected chi connectivity index (χ3v) is 5.93. The standard InChI is InChI=1S/C23H27BO4/c1-16-17(11-12-24-27-22(2,3)23(4,5)28-24)7-6-8-19(16)18-9-10-20-21(15-18)26-14-13-25-20/h6-12,15H,13-14H2,1-5H3/b12-11+. The minimum atomic E-state index is -0.345. The van der Waals surface area contributed by atoms with Crippen molar-refractivity contribution in [1.82, 2.24) is 0 Å². The van der Waals surface area contributed by atoms with Crippen molar-refractivity contribution in [3.8, 4) is 22.6 Å². The molecule has 4 nitrogen and oxygen atoms in total. The van der Waals surface area contributed by atoms with Crippen LogP contribution in [0.2, 0.25) is 0 Å². The summed E-state index contributed by atoms with van der Waals surface area (Å²) < 4.78 is 23.5. The van der Waals surface area contributed by atoms with Crippen LogP contribution in [0.1, 0.15) is 38.8 Å². The quantitative estimate of drug-likeness (QED) is 0.699. The minimum Gasteiger partial charge on any atom is -0.486 e. The van der Waals surface area contributed by atoms with Crippen LogP contribution in [0.3, 0.4) is 0 Å². The first kappa shape index (κ1) is 19.1. The van der Waals surface area contributed by atoms with Gasteiger partial charge in [-0.3, -0.25) is 0 Å². The summed E-state index contributed by atoms with van der Waals surface area (Å²) in [5.41, 5.74) is 3.98. The Morgan fingerprint density at radius 3 is 2.29 bits per heavy atom. The SMILES string of the molecule is Cc1c(/C=C/B2OC(C)(C)C(C)(C)O2)cccc1-c1ccc2c(c1)OCCO2. The lowest BCUT2D eigenvalue weighted by molar-refractivity contribution is 0.00578. The van der Waals surface area contributed by atoms with Gasteiger partial charge in [0.2, 0.25) is 0 Å². The summed E-state index contributed by atoms with van der Waals surface area (Å²) in [6.45, 7) is 11.6. The van der Waals surface area contributed by atoms with Gasteiger partial charge in [-0.05, 0) is 69.0 Å². The van der Waals surface area contributed by atoms with Crippen LogP contribution >= 0.6 is 0 Å². The number of ether oxygens (including phenoxy) is 2. The van der Waals surface area contributed by atoms with Gasteiger partial charge in [-0.1, -0.05) is 36.3 Å². The van der Waals surface area contributed by atoms with Crippen molar-refractivity contribution >= 4 is 13.2 Å². The summed E-state index contributed by atoms with van der Waals surface area (Å²) >= 11 is 0. The molecule has 0 bridgehead atoms. The molecule has 1 saturated heterocycles. The molecular weight excluding hydrogens is 351 g/mol. The molecule has 0 amide bonds. The van der Waals surface area contributed by atoms with E-state index in [2.05, 4.69) is 71.0 Å². The first-order chi connectivity index (χ1) is 13.3. The molecule has 4 rings (SSSR count). The van der Waals surface area contributed by atoms with Crippen molar-refractivity contribution < 1.29 is 18.8 Å². The highest BCUT2D eigenvalue weighted by Gasteiger charge is 2.50. The summed E-state index contributed by atoms with van der Waals surface area (Å²) in [5.74, 6) is 3.61. The van der Waals surface area contributed by atoms with Crippen molar-refractivity contribution in [3.63, 3.8) is 0 Å². The third-order valence-electron chi connectivity index (χ3n) is 5.93. The molecule has 0 spiro atoms. The lowest BCUT2D eigenvalue weighted by atomic mass is 9.87. The van der Waals surface area contributed by atoms with Crippen LogP contribution in [0, 0.1) is 6.92 Å². The fourth-order valence-electron chi connectivity index (χ4n) is 3.51. The van der Waals surface area contributed by atoms with Crippen LogP contribution in [0.4, 0.5) is 0 Å². The Hall–Kier alpha value is -2.24. The molecule has 2 aromatic carbocycles. The highest BCUT2D eigenvalue weighted by atomic mass is 16.7. The molecule has 0 aliphatic carbocycles. The van der Waals surface area contributed by atoms with Crippen molar-refractivity contribution in [1.29, 1.82) is 0 Å². The average molecular weight is 378 g/mol. The van der Waals surface area contributed by atoms with Gasteiger partial charge in [0.1, 0.15) is 13.2 Å². The Morgan fingerprint density at radius 2 is 1.57 bits per heavy atom. The van der Waals surface area contributed by atoms with E-state index in [1.165, 1.54) is 11.1 Å². The molecule has 28 heavy (non-hydrogen) atoms. The van der Waals surface area contributed by atoms with Gasteiger partial charge >= 0.3 is 7.12 Å². The van der Waals surface area contributed by atoms with E-state index < -0.39 is 0 Å². The monoisotopic (exact) mass is 378 g/mol. The van der Waals surface area contributed by atoms with E-state index in [1.54, 1.807) is 0 Å². The van der Waals surface area contributed by atoms with E-state index >= 15 is 0 Å². The van der Waals surface area contributed by atoms with Gasteiger partial charge in [-0.25, -0.2) is 0 Å². The van der Waals surface area contributed by atoms with Gasteiger partial charge < -0.3 is 18.8 Å². The van der Waals surface area contributed by atoms with Crippen molar-refractivity contribution in [3.05, 3.63) is 53.5 Å². The Kier molecular flexibility index (Phi) is 4.76. The molecule has 2 aliphatic rings. The molecule has 2 aromatic rings. The van der Waals surface area contributed by atoms with Gasteiger partial charge in [0, 0.05) is 0 Å². The van der Waals surface area contributed by atoms with Crippen molar-refractivity contribution in [2.45, 2.75) is 45.8 Å². The maximum absolute atomic E-state index is 6.06. The maximum atomic E-state index is 6.06. The predicted octanol–water partition coefficient (Wildman–Crippen LogP) is 5.08. The highest BCUT2D eigenvalue weighted by Crippen LogP contribution is 2.38. The topological polar surface area (TPSA) is 36.9 Å². The maximum Gasteiger partial charge on any atom is 0.487 e. The van der Waals surface area contributed by atoms with E-state index in [0.29, 0.717) is 13.2 Å². The van der Waals surface area contributed by atoms with Crippen LogP contribution in [0.15, 0.2) is 42.4 Å². The molecule has 1 fully saturated rings. The molecule has 2 aliphatic heterocycles. The molecule has 0 saturated carbocycles. The smallest absolute Gasteiger partial charge is 0.486 e. The average Bonchev–Trinajstić information content (AvgIpc) is 2.87. The summed E-state index contributed by atoms with van der Waals surface area (Å²) in [7, 11) is -0.345. The second-order valence-electron chi connectivity index (χ2n) is 8.36. The van der Waals surface area contributed by atoms with Crippen LogP contribution in [-0.2, 0) is 9.31 Å². The second kappa shape index (κ2) is 6.98. The Bertz CT molecular complexity index is 901. The minimum absolute atomic E-state index is 0.329. The lowest BCUT2D eigenvalue weighted by Crippen LogP contribution is -2.41. The zero-order valence-corrected chi connectivity index (χ0v) is 17.2. The van der Waals surface area contributed by atoms with Gasteiger partial charge in [-0.15, -0.1) is 0 Å². The Balaban J connectivity index is 1.59. The zero-order valence-electron chi connectivity index (χ0n) is 17.2. The largest absolute Gasteiger partial charge is 0.487 e. The first-order valence-electron chi connectivity index (χ1n) is 9.80. The van der Waals surface area contributed by atoms with Gasteiger partial charge in [0.25, 0.3) is 0 Å². The van der Waals surface area contributed by atoms with E-state index in [-0.39, 0.29) is 18.3 Å². The van der Waals surface area contributed by atoms with Crippen LogP contribution < -0.4 is 9.47 Å². The van der Waals surface area contributed by atoms with Crippen LogP contribution in [-0.4, -0.2) is 31.5 Å². The van der Waals surface area contributed by atoms with Gasteiger partial charge in [0.15, 0.2) is 11.5 Å². The van der Waals surface area contributed by atoms with Crippen molar-refractivity contribution in [2.75, 3.05) is 13.2 Å². The fraction of sp³-hybridized carbons (Fsp3) is 0.391. The van der Waals surface area contributed by atoms with E-state index in [0.717, 1.165) is 22.6 Å². The third kappa shape index (κ3) is 3.45. The van der Waals surface area contributed by atoms with E-state index in [9.17, 15) is 0 Å². The molecular formula is C23H27BO4. The molecule has 5 heteroatoms. The molecule has 0 aromatic heterocycles. The van der Waals surface area contributed by atoms with E-state index in [4.69, 9.17) is 18.8 Å². The normalized spacial score (nSPS) is 20.0. The number of fused-ring (bicyclic) bond motifs is 1. The lowest BCUT2D eigenvalue weighted by Gasteiger charge is -2.32. The zero-order chi connectivity index (χ0) is 19.9. The predicted molar refractivity (Wildman–Crippen MR) is 113 cm³/mol. The molecule has 2 heterocycles. The molecule has 0 atom stereocenters. The molecule has 0 N–H and O–H groups in total. The number of rotatable bonds is 3. The van der Waals surface area contributed by atoms with Crippen LogP contribution in [0.5, 0.6) is 11.5 Å². The fourth-order valence-corrected chi connectivity index (χ4v) is 3.51. The number of benzene rings is 2. The summed E-state index contributed by atoms with van der Waals surface area (Å²) in [6.07, 6.45) is 2.08. The number of hydrogen-bond donors (Lipinski definition) is 0. The summed E-state index contributed by atoms with van der Waals surface area (Å²) in [5, 5.41) is 0. The molecule has 0 unspecified atom stereocenters. The Labute approximate surface area is 167 Å². The van der Waals surface area contributed by atoms with Gasteiger partial charge in [-0.2, -0.15) is 0 Å². The molecule has 146 valence electrons. The Morgan fingerprint density at radius 1 is 0.893 bits per heavy atom. The van der Waals surface area contributed by atoms with Gasteiger partial charge in [0.05, 0.1) is 11.2 Å². The van der Waals surface area contributed by atoms with E-state index in [1.807, 2.05) is 12.0 Å². The number of hydrogen-bond acceptors (Lipinski definition) is 4.